The molecule has 0 saturated carbocycles. The van der Waals surface area contributed by atoms with E-state index in [0.29, 0.717) is 11.6 Å². The first-order valence-electron chi connectivity index (χ1n) is 4.64. The molecule has 1 aliphatic rings. The van der Waals surface area contributed by atoms with Crippen molar-refractivity contribution in [3.05, 3.63) is 30.5 Å². The third kappa shape index (κ3) is 1.43. The van der Waals surface area contributed by atoms with Crippen molar-refractivity contribution in [3.63, 3.8) is 0 Å². The van der Waals surface area contributed by atoms with Crippen molar-refractivity contribution in [2.24, 2.45) is 0 Å². The summed E-state index contributed by atoms with van der Waals surface area (Å²) in [5, 5.41) is 4.21. The van der Waals surface area contributed by atoms with Gasteiger partial charge in [-0.25, -0.2) is 0 Å². The summed E-state index contributed by atoms with van der Waals surface area (Å²) < 4.78 is 5.50. The standard InChI is InChI=1S/C11H8N2OS/c15-11-6-14-10-5-8-7(2-1-3-12-8)4-9(10)13-11/h1-5H,6H2,(H,13,15). The molecule has 74 valence electrons. The van der Waals surface area contributed by atoms with Crippen LogP contribution in [-0.4, -0.2) is 16.6 Å². The lowest BCUT2D eigenvalue weighted by atomic mass is 10.1. The van der Waals surface area contributed by atoms with Gasteiger partial charge in [-0.05, 0) is 12.1 Å². The molecular formula is C11H8N2OS. The van der Waals surface area contributed by atoms with E-state index < -0.39 is 0 Å². The molecule has 1 aliphatic heterocycles. The third-order valence-electron chi connectivity index (χ3n) is 2.34. The zero-order valence-electron chi connectivity index (χ0n) is 7.86. The summed E-state index contributed by atoms with van der Waals surface area (Å²) in [6.07, 6.45) is 1.77. The smallest absolute Gasteiger partial charge is 0.145 e. The van der Waals surface area contributed by atoms with Gasteiger partial charge in [0.2, 0.25) is 0 Å². The van der Waals surface area contributed by atoms with Gasteiger partial charge in [-0.3, -0.25) is 4.98 Å². The number of aromatic nitrogens is 1. The van der Waals surface area contributed by atoms with Gasteiger partial charge < -0.3 is 10.1 Å². The maximum atomic E-state index is 5.50. The number of fused-ring (bicyclic) bond motifs is 2. The molecular weight excluding hydrogens is 208 g/mol. The maximum Gasteiger partial charge on any atom is 0.145 e. The van der Waals surface area contributed by atoms with Crippen LogP contribution in [0.1, 0.15) is 0 Å². The van der Waals surface area contributed by atoms with Crippen LogP contribution in [0, 0.1) is 0 Å². The van der Waals surface area contributed by atoms with Gasteiger partial charge in [0.05, 0.1) is 11.2 Å². The van der Waals surface area contributed by atoms with Gasteiger partial charge in [0.15, 0.2) is 0 Å². The van der Waals surface area contributed by atoms with E-state index in [-0.39, 0.29) is 0 Å². The number of nitrogens with one attached hydrogen (secondary N) is 1. The first kappa shape index (κ1) is 8.61. The van der Waals surface area contributed by atoms with Crippen molar-refractivity contribution in [2.75, 3.05) is 11.9 Å². The van der Waals surface area contributed by atoms with Gasteiger partial charge in [0.1, 0.15) is 17.3 Å². The molecule has 0 saturated heterocycles. The zero-order chi connectivity index (χ0) is 10.3. The van der Waals surface area contributed by atoms with Crippen LogP contribution in [-0.2, 0) is 0 Å². The fraction of sp³-hybridized carbons (Fsp3) is 0.0909. The van der Waals surface area contributed by atoms with Gasteiger partial charge in [0, 0.05) is 17.6 Å². The first-order chi connectivity index (χ1) is 7.33. The van der Waals surface area contributed by atoms with Crippen LogP contribution in [0.25, 0.3) is 10.9 Å². The van der Waals surface area contributed by atoms with Gasteiger partial charge in [-0.15, -0.1) is 0 Å². The van der Waals surface area contributed by atoms with Crippen molar-refractivity contribution in [1.29, 1.82) is 0 Å². The zero-order valence-corrected chi connectivity index (χ0v) is 8.67. The molecule has 1 N–H and O–H groups in total. The van der Waals surface area contributed by atoms with Gasteiger partial charge in [-0.1, -0.05) is 18.3 Å². The van der Waals surface area contributed by atoms with Gasteiger partial charge >= 0.3 is 0 Å². The Kier molecular flexibility index (Phi) is 1.82. The average molecular weight is 216 g/mol. The molecule has 1 aromatic carbocycles. The summed E-state index contributed by atoms with van der Waals surface area (Å²) in [6, 6.07) is 7.86. The quantitative estimate of drug-likeness (QED) is 0.685. The number of hydrogen-bond donors (Lipinski definition) is 1. The number of hydrogen-bond acceptors (Lipinski definition) is 3. The Hall–Kier alpha value is -1.68. The summed E-state index contributed by atoms with van der Waals surface area (Å²) in [4.78, 5) is 4.98. The van der Waals surface area contributed by atoms with Crippen molar-refractivity contribution < 1.29 is 4.74 Å². The fourth-order valence-electron chi connectivity index (χ4n) is 1.65. The Morgan fingerprint density at radius 2 is 2.33 bits per heavy atom. The van der Waals surface area contributed by atoms with Crippen LogP contribution in [0.5, 0.6) is 5.75 Å². The summed E-state index contributed by atoms with van der Waals surface area (Å²) in [6.45, 7) is 0.445. The molecule has 0 unspecified atom stereocenters. The second kappa shape index (κ2) is 3.17. The molecule has 0 bridgehead atoms. The van der Waals surface area contributed by atoms with E-state index in [1.54, 1.807) is 6.20 Å². The highest BCUT2D eigenvalue weighted by Crippen LogP contribution is 2.31. The largest absolute Gasteiger partial charge is 0.484 e. The van der Waals surface area contributed by atoms with Crippen LogP contribution in [0.15, 0.2) is 30.5 Å². The predicted octanol–water partition coefficient (Wildman–Crippen LogP) is 2.37. The molecule has 1 aromatic heterocycles. The molecule has 3 rings (SSSR count). The number of thiocarbonyl (C=S) groups is 1. The van der Waals surface area contributed by atoms with E-state index in [0.717, 1.165) is 22.3 Å². The highest BCUT2D eigenvalue weighted by Gasteiger charge is 2.13. The summed E-state index contributed by atoms with van der Waals surface area (Å²) >= 11 is 5.05. The van der Waals surface area contributed by atoms with E-state index >= 15 is 0 Å². The number of ether oxygens (including phenoxy) is 1. The Bertz CT molecular complexity index is 553. The SMILES string of the molecule is S=C1COc2cc3ncccc3cc2N1. The monoisotopic (exact) mass is 216 g/mol. The lowest BCUT2D eigenvalue weighted by molar-refractivity contribution is 0.375. The van der Waals surface area contributed by atoms with Crippen LogP contribution >= 0.6 is 12.2 Å². The minimum Gasteiger partial charge on any atom is -0.484 e. The minimum absolute atomic E-state index is 0.445. The number of anilines is 1. The summed E-state index contributed by atoms with van der Waals surface area (Å²) in [5.74, 6) is 0.815. The molecule has 15 heavy (non-hydrogen) atoms. The lowest BCUT2D eigenvalue weighted by Gasteiger charge is -2.20. The predicted molar refractivity (Wildman–Crippen MR) is 63.5 cm³/mol. The van der Waals surface area contributed by atoms with Gasteiger partial charge in [-0.2, -0.15) is 0 Å². The number of rotatable bonds is 0. The normalized spacial score (nSPS) is 14.3. The Morgan fingerprint density at radius 3 is 3.27 bits per heavy atom. The van der Waals surface area contributed by atoms with Crippen LogP contribution in [0.4, 0.5) is 5.69 Å². The van der Waals surface area contributed by atoms with E-state index in [9.17, 15) is 0 Å². The van der Waals surface area contributed by atoms with E-state index in [2.05, 4.69) is 10.3 Å². The maximum absolute atomic E-state index is 5.50. The van der Waals surface area contributed by atoms with Crippen molar-refractivity contribution in [2.45, 2.75) is 0 Å². The van der Waals surface area contributed by atoms with Crippen molar-refractivity contribution in [3.8, 4) is 5.75 Å². The van der Waals surface area contributed by atoms with Crippen LogP contribution < -0.4 is 10.1 Å². The molecule has 0 amide bonds. The minimum atomic E-state index is 0.445. The van der Waals surface area contributed by atoms with Crippen molar-refractivity contribution >= 4 is 33.8 Å². The van der Waals surface area contributed by atoms with E-state index in [1.165, 1.54) is 0 Å². The Morgan fingerprint density at radius 1 is 1.40 bits per heavy atom. The second-order valence-corrected chi connectivity index (χ2v) is 3.87. The fourth-order valence-corrected chi connectivity index (χ4v) is 1.82. The molecule has 0 fully saturated rings. The Balaban J connectivity index is 2.24. The highest BCUT2D eigenvalue weighted by molar-refractivity contribution is 7.80. The van der Waals surface area contributed by atoms with E-state index in [4.69, 9.17) is 17.0 Å². The lowest BCUT2D eigenvalue weighted by Crippen LogP contribution is -2.23. The number of pyridine rings is 1. The van der Waals surface area contributed by atoms with Crippen LogP contribution in [0.3, 0.4) is 0 Å². The summed E-state index contributed by atoms with van der Waals surface area (Å²) in [7, 11) is 0. The van der Waals surface area contributed by atoms with Crippen molar-refractivity contribution in [1.82, 2.24) is 4.98 Å². The molecule has 0 radical (unpaired) electrons. The Labute approximate surface area is 92.1 Å². The molecule has 2 heterocycles. The topological polar surface area (TPSA) is 34.1 Å². The molecule has 0 atom stereocenters. The molecule has 0 spiro atoms. The molecule has 4 heteroatoms. The third-order valence-corrected chi connectivity index (χ3v) is 2.56. The molecule has 3 nitrogen and oxygen atoms in total. The highest BCUT2D eigenvalue weighted by atomic mass is 32.1. The number of benzene rings is 1. The van der Waals surface area contributed by atoms with Gasteiger partial charge in [0.25, 0.3) is 0 Å². The number of nitrogens with zero attached hydrogens (tertiary/aromatic N) is 1. The summed E-state index contributed by atoms with van der Waals surface area (Å²) in [5.41, 5.74) is 1.86. The van der Waals surface area contributed by atoms with E-state index in [1.807, 2.05) is 24.3 Å². The van der Waals surface area contributed by atoms with Crippen LogP contribution in [0.2, 0.25) is 0 Å². The first-order valence-corrected chi connectivity index (χ1v) is 5.05. The average Bonchev–Trinajstić information content (AvgIpc) is 2.26. The molecule has 0 aliphatic carbocycles. The molecule has 2 aromatic rings. The second-order valence-electron chi connectivity index (χ2n) is 3.38.